The molecule has 0 aliphatic heterocycles. The van der Waals surface area contributed by atoms with Gasteiger partial charge in [-0.05, 0) is 6.92 Å². The molecule has 0 saturated heterocycles. The fourth-order valence-electron chi connectivity index (χ4n) is 2.00. The fraction of sp³-hybridized carbons (Fsp3) is 0.714. The van der Waals surface area contributed by atoms with Gasteiger partial charge in [0.2, 0.25) is 11.8 Å². The van der Waals surface area contributed by atoms with E-state index in [4.69, 9.17) is 4.55 Å². The molecule has 0 fully saturated rings. The Bertz CT molecular complexity index is 548. The van der Waals surface area contributed by atoms with E-state index in [0.717, 1.165) is 0 Å². The zero-order valence-corrected chi connectivity index (χ0v) is 14.9. The van der Waals surface area contributed by atoms with Crippen LogP contribution in [0.3, 0.4) is 0 Å². The van der Waals surface area contributed by atoms with E-state index in [-0.39, 0.29) is 17.9 Å². The van der Waals surface area contributed by atoms with Crippen LogP contribution in [0.5, 0.6) is 0 Å². The quantitative estimate of drug-likeness (QED) is 0.446. The molecule has 0 spiro atoms. The summed E-state index contributed by atoms with van der Waals surface area (Å²) in [6.45, 7) is 10.3. The van der Waals surface area contributed by atoms with Crippen LogP contribution in [0.15, 0.2) is 12.2 Å². The highest BCUT2D eigenvalue weighted by atomic mass is 32.2. The minimum atomic E-state index is -4.19. The zero-order chi connectivity index (χ0) is 17.9. The van der Waals surface area contributed by atoms with Crippen LogP contribution < -0.4 is 0 Å². The summed E-state index contributed by atoms with van der Waals surface area (Å²) in [5.41, 5.74) is -0.408. The van der Waals surface area contributed by atoms with Gasteiger partial charge in [-0.25, -0.2) is 0 Å². The van der Waals surface area contributed by atoms with E-state index in [2.05, 4.69) is 6.58 Å². The van der Waals surface area contributed by atoms with Gasteiger partial charge in [0.15, 0.2) is 0 Å². The third-order valence-electron chi connectivity index (χ3n) is 3.18. The van der Waals surface area contributed by atoms with Gasteiger partial charge in [-0.2, -0.15) is 8.42 Å². The largest absolute Gasteiger partial charge is 0.325 e. The summed E-state index contributed by atoms with van der Waals surface area (Å²) in [4.78, 5) is 27.0. The van der Waals surface area contributed by atoms with E-state index in [1.54, 1.807) is 20.8 Å². The smallest absolute Gasteiger partial charge is 0.265 e. The second kappa shape index (κ2) is 7.23. The van der Waals surface area contributed by atoms with Crippen molar-refractivity contribution in [3.8, 4) is 0 Å². The average Bonchev–Trinajstić information content (AvgIpc) is 2.33. The Balaban J connectivity index is 5.46. The first kappa shape index (κ1) is 20.6. The molecule has 128 valence electrons. The summed E-state index contributed by atoms with van der Waals surface area (Å²) < 4.78 is 30.9. The van der Waals surface area contributed by atoms with Gasteiger partial charge in [0.05, 0.1) is 5.75 Å². The van der Waals surface area contributed by atoms with E-state index in [9.17, 15) is 18.0 Å². The van der Waals surface area contributed by atoms with Crippen molar-refractivity contribution in [2.45, 2.75) is 40.3 Å². The van der Waals surface area contributed by atoms with Gasteiger partial charge in [-0.3, -0.25) is 14.1 Å². The van der Waals surface area contributed by atoms with Crippen molar-refractivity contribution in [3.63, 3.8) is 0 Å². The lowest BCUT2D eigenvalue weighted by atomic mass is 9.94. The molecule has 0 bridgehead atoms. The van der Waals surface area contributed by atoms with Crippen molar-refractivity contribution in [1.29, 1.82) is 0 Å². The van der Waals surface area contributed by atoms with Gasteiger partial charge in [-0.1, -0.05) is 27.4 Å². The molecule has 2 amide bonds. The number of amides is 2. The van der Waals surface area contributed by atoms with E-state index in [1.807, 2.05) is 0 Å². The normalized spacial score (nSPS) is 13.4. The van der Waals surface area contributed by atoms with E-state index in [0.29, 0.717) is 0 Å². The van der Waals surface area contributed by atoms with Gasteiger partial charge in [-0.15, -0.1) is 0 Å². The Morgan fingerprint density at radius 3 is 1.95 bits per heavy atom. The molecule has 1 unspecified atom stereocenters. The molecule has 22 heavy (non-hydrogen) atoms. The maximum atomic E-state index is 12.4. The van der Waals surface area contributed by atoms with E-state index < -0.39 is 33.4 Å². The van der Waals surface area contributed by atoms with Crippen molar-refractivity contribution in [3.05, 3.63) is 12.2 Å². The highest BCUT2D eigenvalue weighted by Crippen LogP contribution is 2.21. The summed E-state index contributed by atoms with van der Waals surface area (Å²) in [6, 6.07) is 0. The summed E-state index contributed by atoms with van der Waals surface area (Å²) >= 11 is 0. The van der Waals surface area contributed by atoms with Crippen LogP contribution >= 0.6 is 0 Å². The molecule has 8 heteroatoms. The Morgan fingerprint density at radius 1 is 1.18 bits per heavy atom. The molecular weight excluding hydrogens is 308 g/mol. The lowest BCUT2D eigenvalue weighted by Crippen LogP contribution is -2.53. The molecule has 0 radical (unpaired) electrons. The number of likely N-dealkylation sites (N-methyl/N-ethyl adjacent to an activating group) is 1. The monoisotopic (exact) mass is 334 g/mol. The third-order valence-corrected chi connectivity index (χ3v) is 3.93. The SMILES string of the molecule is C=C(C)C(=O)N(C)C(CCS(=O)(=O)O)N(C)C(=O)C(C)(C)C. The molecule has 0 aromatic heterocycles. The first-order valence-corrected chi connectivity index (χ1v) is 8.44. The lowest BCUT2D eigenvalue weighted by Gasteiger charge is -2.38. The maximum absolute atomic E-state index is 12.4. The Kier molecular flexibility index (Phi) is 6.77. The summed E-state index contributed by atoms with van der Waals surface area (Å²) in [5.74, 6) is -1.18. The summed E-state index contributed by atoms with van der Waals surface area (Å²) in [6.07, 6.45) is -0.884. The van der Waals surface area contributed by atoms with Gasteiger partial charge in [0, 0.05) is 31.5 Å². The van der Waals surface area contributed by atoms with Crippen molar-refractivity contribution in [2.75, 3.05) is 19.8 Å². The lowest BCUT2D eigenvalue weighted by molar-refractivity contribution is -0.147. The number of rotatable bonds is 6. The van der Waals surface area contributed by atoms with E-state index >= 15 is 0 Å². The van der Waals surface area contributed by atoms with Gasteiger partial charge < -0.3 is 9.80 Å². The Hall–Kier alpha value is -1.41. The van der Waals surface area contributed by atoms with Crippen molar-refractivity contribution in [1.82, 2.24) is 9.80 Å². The Labute approximate surface area is 132 Å². The Morgan fingerprint density at radius 2 is 1.64 bits per heavy atom. The number of carbonyl (C=O) groups excluding carboxylic acids is 2. The molecule has 0 aliphatic carbocycles. The molecule has 7 nitrogen and oxygen atoms in total. The average molecular weight is 334 g/mol. The second-order valence-corrected chi connectivity index (χ2v) is 7.99. The van der Waals surface area contributed by atoms with Crippen LogP contribution in [0.4, 0.5) is 0 Å². The van der Waals surface area contributed by atoms with Crippen LogP contribution in [0, 0.1) is 5.41 Å². The third kappa shape index (κ3) is 6.15. The van der Waals surface area contributed by atoms with Gasteiger partial charge >= 0.3 is 0 Å². The highest BCUT2D eigenvalue weighted by molar-refractivity contribution is 7.85. The van der Waals surface area contributed by atoms with Crippen LogP contribution in [0.1, 0.15) is 34.1 Å². The number of nitrogens with zero attached hydrogens (tertiary/aromatic N) is 2. The van der Waals surface area contributed by atoms with Crippen LogP contribution in [-0.2, 0) is 19.7 Å². The van der Waals surface area contributed by atoms with Crippen LogP contribution in [-0.4, -0.2) is 60.6 Å². The molecule has 0 aromatic carbocycles. The second-order valence-electron chi connectivity index (χ2n) is 6.42. The van der Waals surface area contributed by atoms with Crippen LogP contribution in [0.25, 0.3) is 0 Å². The maximum Gasteiger partial charge on any atom is 0.265 e. The number of hydrogen-bond acceptors (Lipinski definition) is 4. The van der Waals surface area contributed by atoms with Crippen molar-refractivity contribution in [2.24, 2.45) is 5.41 Å². The predicted octanol–water partition coefficient (Wildman–Crippen LogP) is 1.13. The molecule has 0 aliphatic rings. The van der Waals surface area contributed by atoms with Gasteiger partial charge in [0.1, 0.15) is 6.17 Å². The molecule has 0 rings (SSSR count). The predicted molar refractivity (Wildman–Crippen MR) is 84.6 cm³/mol. The number of hydrogen-bond donors (Lipinski definition) is 1. The first-order valence-electron chi connectivity index (χ1n) is 6.83. The molecule has 1 N–H and O–H groups in total. The van der Waals surface area contributed by atoms with Crippen molar-refractivity contribution < 1.29 is 22.6 Å². The minimum Gasteiger partial charge on any atom is -0.325 e. The fourth-order valence-corrected chi connectivity index (χ4v) is 2.51. The topological polar surface area (TPSA) is 95.0 Å². The molecule has 0 aromatic rings. The molecular formula is C14H26N2O5S. The van der Waals surface area contributed by atoms with Gasteiger partial charge in [0.25, 0.3) is 10.1 Å². The zero-order valence-electron chi connectivity index (χ0n) is 14.1. The van der Waals surface area contributed by atoms with Crippen molar-refractivity contribution >= 4 is 21.9 Å². The highest BCUT2D eigenvalue weighted by Gasteiger charge is 2.33. The summed E-state index contributed by atoms with van der Waals surface area (Å²) in [5, 5.41) is 0. The van der Waals surface area contributed by atoms with Crippen LogP contribution in [0.2, 0.25) is 0 Å². The molecule has 0 saturated carbocycles. The summed E-state index contributed by atoms with van der Waals surface area (Å²) in [7, 11) is -1.22. The first-order chi connectivity index (χ1) is 9.68. The standard InChI is InChI=1S/C14H26N2O5S/c1-10(2)12(17)15(6)11(8-9-22(19,20)21)16(7)13(18)14(3,4)5/h11H,1,8-9H2,2-7H3,(H,19,20,21). The molecule has 1 atom stereocenters. The molecule has 0 heterocycles. The van der Waals surface area contributed by atoms with E-state index in [1.165, 1.54) is 30.8 Å². The minimum absolute atomic E-state index is 0.0906. The number of carbonyl (C=O) groups is 2.